The Balaban J connectivity index is 0.00000280. The molecule has 0 aliphatic carbocycles. The summed E-state index contributed by atoms with van der Waals surface area (Å²) in [6, 6.07) is 12.4. The lowest BCUT2D eigenvalue weighted by atomic mass is 9.99. The minimum Gasteiger partial charge on any atom is -0.493 e. The first kappa shape index (κ1) is 22.1. The van der Waals surface area contributed by atoms with Crippen LogP contribution in [0.5, 0.6) is 11.5 Å². The molecule has 0 unspecified atom stereocenters. The number of anilines is 2. The van der Waals surface area contributed by atoms with Crippen LogP contribution in [-0.4, -0.2) is 40.8 Å². The lowest BCUT2D eigenvalue weighted by molar-refractivity contribution is 0.355. The molecule has 2 aromatic rings. The van der Waals surface area contributed by atoms with Gasteiger partial charge in [0.05, 0.1) is 14.2 Å². The van der Waals surface area contributed by atoms with Crippen LogP contribution in [-0.2, 0) is 13.0 Å². The fourth-order valence-corrected chi connectivity index (χ4v) is 3.36. The van der Waals surface area contributed by atoms with Gasteiger partial charge < -0.3 is 25.0 Å². The first-order valence-electron chi connectivity index (χ1n) is 9.17. The Kier molecular flexibility index (Phi) is 8.22. The summed E-state index contributed by atoms with van der Waals surface area (Å²) in [4.78, 5) is 6.64. The number of methoxy groups -OCH3 is 2. The molecular weight excluding hydrogens is 467 g/mol. The molecule has 7 heteroatoms. The molecule has 0 amide bonds. The molecule has 2 N–H and O–H groups in total. The molecule has 0 aromatic heterocycles. The lowest BCUT2D eigenvalue weighted by Gasteiger charge is -2.28. The number of aryl methyl sites for hydroxylation is 1. The van der Waals surface area contributed by atoms with E-state index in [1.54, 1.807) is 21.3 Å². The van der Waals surface area contributed by atoms with Crippen LogP contribution in [0.3, 0.4) is 0 Å². The van der Waals surface area contributed by atoms with Crippen LogP contribution in [0.4, 0.5) is 11.4 Å². The molecule has 0 radical (unpaired) electrons. The number of rotatable bonds is 5. The van der Waals surface area contributed by atoms with Crippen molar-refractivity contribution in [3.8, 4) is 11.5 Å². The first-order valence-corrected chi connectivity index (χ1v) is 9.17. The van der Waals surface area contributed by atoms with Gasteiger partial charge in [-0.05, 0) is 42.2 Å². The third-order valence-electron chi connectivity index (χ3n) is 4.82. The van der Waals surface area contributed by atoms with E-state index in [9.17, 15) is 0 Å². The summed E-state index contributed by atoms with van der Waals surface area (Å²) in [6.45, 7) is 1.84. The van der Waals surface area contributed by atoms with Crippen molar-refractivity contribution in [1.82, 2.24) is 5.32 Å². The van der Waals surface area contributed by atoms with E-state index in [1.165, 1.54) is 23.2 Å². The van der Waals surface area contributed by atoms with Gasteiger partial charge in [-0.3, -0.25) is 4.99 Å². The Morgan fingerprint density at radius 2 is 1.89 bits per heavy atom. The summed E-state index contributed by atoms with van der Waals surface area (Å²) in [7, 11) is 7.17. The Bertz CT molecular complexity index is 826. The fourth-order valence-electron chi connectivity index (χ4n) is 3.36. The van der Waals surface area contributed by atoms with Gasteiger partial charge in [-0.2, -0.15) is 0 Å². The average Bonchev–Trinajstić information content (AvgIpc) is 2.71. The number of guanidine groups is 1. The highest BCUT2D eigenvalue weighted by atomic mass is 127. The summed E-state index contributed by atoms with van der Waals surface area (Å²) in [5.41, 5.74) is 4.90. The maximum atomic E-state index is 5.35. The van der Waals surface area contributed by atoms with Gasteiger partial charge in [0.2, 0.25) is 0 Å². The van der Waals surface area contributed by atoms with Gasteiger partial charge in [0.1, 0.15) is 0 Å². The van der Waals surface area contributed by atoms with Gasteiger partial charge in [-0.1, -0.05) is 12.1 Å². The number of hydrogen-bond acceptors (Lipinski definition) is 4. The summed E-state index contributed by atoms with van der Waals surface area (Å²) < 4.78 is 10.6. The van der Waals surface area contributed by atoms with Crippen molar-refractivity contribution < 1.29 is 9.47 Å². The molecule has 152 valence electrons. The molecule has 6 nitrogen and oxygen atoms in total. The highest BCUT2D eigenvalue weighted by Gasteiger charge is 2.13. The highest BCUT2D eigenvalue weighted by molar-refractivity contribution is 14.0. The summed E-state index contributed by atoms with van der Waals surface area (Å²) in [6.07, 6.45) is 2.36. The van der Waals surface area contributed by atoms with E-state index in [1.807, 2.05) is 18.2 Å². The Morgan fingerprint density at radius 3 is 2.61 bits per heavy atom. The standard InChI is InChI=1S/C21H28N4O2.HI/c1-22-21(24-17-8-10-19(26-3)20(13-17)27-4)23-14-15-7-9-18-16(12-15)6-5-11-25(18)2;/h7-10,12-13H,5-6,11,14H2,1-4H3,(H2,22,23,24);1H. The van der Waals surface area contributed by atoms with Crippen LogP contribution in [0.2, 0.25) is 0 Å². The predicted molar refractivity (Wildman–Crippen MR) is 127 cm³/mol. The van der Waals surface area contributed by atoms with Gasteiger partial charge in [0.25, 0.3) is 0 Å². The second-order valence-electron chi connectivity index (χ2n) is 6.61. The van der Waals surface area contributed by atoms with Crippen molar-refractivity contribution in [3.05, 3.63) is 47.5 Å². The predicted octanol–water partition coefficient (Wildman–Crippen LogP) is 3.89. The first-order chi connectivity index (χ1) is 13.1. The van der Waals surface area contributed by atoms with E-state index < -0.39 is 0 Å². The molecule has 0 bridgehead atoms. The molecule has 28 heavy (non-hydrogen) atoms. The molecular formula is C21H29IN4O2. The van der Waals surface area contributed by atoms with E-state index in [4.69, 9.17) is 9.47 Å². The number of halogens is 1. The van der Waals surface area contributed by atoms with Crippen LogP contribution in [0.15, 0.2) is 41.4 Å². The number of ether oxygens (including phenoxy) is 2. The van der Waals surface area contributed by atoms with E-state index in [2.05, 4.69) is 45.8 Å². The molecule has 2 aromatic carbocycles. The zero-order valence-electron chi connectivity index (χ0n) is 16.9. The lowest BCUT2D eigenvalue weighted by Crippen LogP contribution is -2.30. The number of hydrogen-bond donors (Lipinski definition) is 2. The van der Waals surface area contributed by atoms with Crippen molar-refractivity contribution in [2.24, 2.45) is 4.99 Å². The monoisotopic (exact) mass is 496 g/mol. The van der Waals surface area contributed by atoms with Crippen molar-refractivity contribution in [2.45, 2.75) is 19.4 Å². The van der Waals surface area contributed by atoms with Crippen LogP contribution in [0.1, 0.15) is 17.5 Å². The van der Waals surface area contributed by atoms with Crippen molar-refractivity contribution in [1.29, 1.82) is 0 Å². The topological polar surface area (TPSA) is 58.1 Å². The van der Waals surface area contributed by atoms with E-state index in [0.29, 0.717) is 24.0 Å². The van der Waals surface area contributed by atoms with E-state index >= 15 is 0 Å². The quantitative estimate of drug-likeness (QED) is 0.374. The smallest absolute Gasteiger partial charge is 0.195 e. The SMILES string of the molecule is CN=C(NCc1ccc2c(c1)CCCN2C)Nc1ccc(OC)c(OC)c1.I. The van der Waals surface area contributed by atoms with Gasteiger partial charge in [-0.25, -0.2) is 0 Å². The number of benzene rings is 2. The van der Waals surface area contributed by atoms with Crippen molar-refractivity contribution in [2.75, 3.05) is 45.1 Å². The maximum absolute atomic E-state index is 5.35. The van der Waals surface area contributed by atoms with Gasteiger partial charge >= 0.3 is 0 Å². The molecule has 0 saturated carbocycles. The Hall–Kier alpha value is -2.16. The largest absolute Gasteiger partial charge is 0.493 e. The molecule has 0 saturated heterocycles. The fraction of sp³-hybridized carbons (Fsp3) is 0.381. The number of nitrogens with zero attached hydrogens (tertiary/aromatic N) is 2. The molecule has 0 fully saturated rings. The van der Waals surface area contributed by atoms with E-state index in [-0.39, 0.29) is 24.0 Å². The van der Waals surface area contributed by atoms with Crippen LogP contribution >= 0.6 is 24.0 Å². The van der Waals surface area contributed by atoms with Crippen LogP contribution in [0, 0.1) is 0 Å². The molecule has 0 atom stereocenters. The van der Waals surface area contributed by atoms with Crippen molar-refractivity contribution in [3.63, 3.8) is 0 Å². The number of fused-ring (bicyclic) bond motifs is 1. The van der Waals surface area contributed by atoms with E-state index in [0.717, 1.165) is 18.7 Å². The maximum Gasteiger partial charge on any atom is 0.195 e. The minimum atomic E-state index is 0. The molecule has 1 heterocycles. The van der Waals surface area contributed by atoms with Gasteiger partial charge in [0, 0.05) is 44.6 Å². The third kappa shape index (κ3) is 5.21. The van der Waals surface area contributed by atoms with Gasteiger partial charge in [-0.15, -0.1) is 24.0 Å². The normalized spacial score (nSPS) is 13.3. The van der Waals surface area contributed by atoms with Crippen LogP contribution in [0.25, 0.3) is 0 Å². The second-order valence-corrected chi connectivity index (χ2v) is 6.61. The average molecular weight is 496 g/mol. The summed E-state index contributed by atoms with van der Waals surface area (Å²) in [5, 5.41) is 6.66. The summed E-state index contributed by atoms with van der Waals surface area (Å²) in [5.74, 6) is 2.08. The second kappa shape index (κ2) is 10.4. The minimum absolute atomic E-state index is 0. The zero-order valence-corrected chi connectivity index (χ0v) is 19.2. The van der Waals surface area contributed by atoms with Gasteiger partial charge in [0.15, 0.2) is 17.5 Å². The Morgan fingerprint density at radius 1 is 1.11 bits per heavy atom. The third-order valence-corrected chi connectivity index (χ3v) is 4.82. The zero-order chi connectivity index (χ0) is 19.2. The van der Waals surface area contributed by atoms with Crippen LogP contribution < -0.4 is 25.0 Å². The number of nitrogens with one attached hydrogen (secondary N) is 2. The molecule has 3 rings (SSSR count). The Labute approximate surface area is 184 Å². The number of aliphatic imine (C=N–C) groups is 1. The molecule has 1 aliphatic heterocycles. The summed E-state index contributed by atoms with van der Waals surface area (Å²) >= 11 is 0. The molecule has 0 spiro atoms. The van der Waals surface area contributed by atoms with Crippen molar-refractivity contribution >= 4 is 41.3 Å². The highest BCUT2D eigenvalue weighted by Crippen LogP contribution is 2.30. The molecule has 1 aliphatic rings.